The molecule has 0 saturated heterocycles. The van der Waals surface area contributed by atoms with Crippen molar-refractivity contribution in [2.45, 2.75) is 20.3 Å². The molecular weight excluding hydrogens is 192 g/mol. The molecule has 0 radical (unpaired) electrons. The molecule has 0 heterocycles. The lowest BCUT2D eigenvalue weighted by atomic mass is 10.2. The number of rotatable bonds is 5. The average molecular weight is 208 g/mol. The van der Waals surface area contributed by atoms with Crippen molar-refractivity contribution in [2.24, 2.45) is 5.92 Å². The molecule has 0 rings (SSSR count). The van der Waals surface area contributed by atoms with Gasteiger partial charge in [0, 0.05) is 5.75 Å². The van der Waals surface area contributed by atoms with E-state index >= 15 is 0 Å². The highest BCUT2D eigenvalue weighted by Gasteiger charge is 2.21. The summed E-state index contributed by atoms with van der Waals surface area (Å²) in [6.07, 6.45) is 0.580. The number of carbonyl (C=O) groups is 1. The molecule has 1 atom stereocenters. The molecule has 0 bridgehead atoms. The molecule has 0 aliphatic heterocycles. The Labute approximate surface area is 79.2 Å². The predicted octanol–water partition coefficient (Wildman–Crippen LogP) is 0.620. The zero-order valence-electron chi connectivity index (χ0n) is 8.24. The summed E-state index contributed by atoms with van der Waals surface area (Å²) in [5.41, 5.74) is 0. The van der Waals surface area contributed by atoms with Crippen molar-refractivity contribution in [3.8, 4) is 0 Å². The molecule has 0 amide bonds. The molecule has 1 unspecified atom stereocenters. The van der Waals surface area contributed by atoms with Gasteiger partial charge in [0.05, 0.1) is 18.8 Å². The number of carbonyl (C=O) groups excluding carboxylic acids is 1. The summed E-state index contributed by atoms with van der Waals surface area (Å²) in [4.78, 5) is 10.9. The van der Waals surface area contributed by atoms with E-state index in [2.05, 4.69) is 4.74 Å². The highest BCUT2D eigenvalue weighted by molar-refractivity contribution is 7.91. The molecule has 0 aliphatic carbocycles. The first-order chi connectivity index (χ1) is 5.93. The van der Waals surface area contributed by atoms with Gasteiger partial charge < -0.3 is 4.74 Å². The van der Waals surface area contributed by atoms with Crippen LogP contribution in [0.3, 0.4) is 0 Å². The minimum Gasteiger partial charge on any atom is -0.469 e. The Bertz CT molecular complexity index is 255. The second kappa shape index (κ2) is 5.21. The second-order valence-electron chi connectivity index (χ2n) is 3.04. The molecule has 0 spiro atoms. The maximum atomic E-state index is 11.3. The van der Waals surface area contributed by atoms with E-state index in [4.69, 9.17) is 0 Å². The average Bonchev–Trinajstić information content (AvgIpc) is 2.01. The molecule has 0 aromatic rings. The lowest BCUT2D eigenvalue weighted by Gasteiger charge is -2.08. The van der Waals surface area contributed by atoms with Crippen LogP contribution in [0.5, 0.6) is 0 Å². The van der Waals surface area contributed by atoms with E-state index in [-0.39, 0.29) is 11.5 Å². The van der Waals surface area contributed by atoms with Crippen LogP contribution in [0.2, 0.25) is 0 Å². The topological polar surface area (TPSA) is 60.4 Å². The van der Waals surface area contributed by atoms with Crippen molar-refractivity contribution >= 4 is 15.8 Å². The standard InChI is InChI=1S/C8H16O4S/c1-4-5-13(10,11)6-7(2)8(9)12-3/h7H,4-6H2,1-3H3. The zero-order valence-corrected chi connectivity index (χ0v) is 9.06. The van der Waals surface area contributed by atoms with Crippen LogP contribution in [0.1, 0.15) is 20.3 Å². The van der Waals surface area contributed by atoms with Gasteiger partial charge in [0.15, 0.2) is 9.84 Å². The quantitative estimate of drug-likeness (QED) is 0.621. The highest BCUT2D eigenvalue weighted by atomic mass is 32.2. The summed E-state index contributed by atoms with van der Waals surface area (Å²) in [6, 6.07) is 0. The molecular formula is C8H16O4S. The lowest BCUT2D eigenvalue weighted by Crippen LogP contribution is -2.23. The Hall–Kier alpha value is -0.580. The number of methoxy groups -OCH3 is 1. The highest BCUT2D eigenvalue weighted by Crippen LogP contribution is 2.04. The number of ether oxygens (including phenoxy) is 1. The molecule has 0 fully saturated rings. The van der Waals surface area contributed by atoms with Crippen molar-refractivity contribution in [1.29, 1.82) is 0 Å². The Morgan fingerprint density at radius 1 is 1.46 bits per heavy atom. The maximum Gasteiger partial charge on any atom is 0.309 e. The van der Waals surface area contributed by atoms with Gasteiger partial charge in [-0.2, -0.15) is 0 Å². The molecule has 0 aromatic heterocycles. The lowest BCUT2D eigenvalue weighted by molar-refractivity contribution is -0.144. The van der Waals surface area contributed by atoms with Crippen LogP contribution >= 0.6 is 0 Å². The number of esters is 1. The molecule has 0 saturated carbocycles. The van der Waals surface area contributed by atoms with Gasteiger partial charge in [0.2, 0.25) is 0 Å². The van der Waals surface area contributed by atoms with Crippen molar-refractivity contribution in [2.75, 3.05) is 18.6 Å². The van der Waals surface area contributed by atoms with Crippen LogP contribution < -0.4 is 0 Å². The maximum absolute atomic E-state index is 11.3. The second-order valence-corrected chi connectivity index (χ2v) is 5.27. The molecule has 13 heavy (non-hydrogen) atoms. The molecule has 78 valence electrons. The first kappa shape index (κ1) is 12.4. The third-order valence-electron chi connectivity index (χ3n) is 1.62. The summed E-state index contributed by atoms with van der Waals surface area (Å²) in [6.45, 7) is 3.35. The van der Waals surface area contributed by atoms with Crippen LogP contribution in [0, 0.1) is 5.92 Å². The van der Waals surface area contributed by atoms with Gasteiger partial charge in [-0.05, 0) is 6.42 Å². The SMILES string of the molecule is CCCS(=O)(=O)CC(C)C(=O)OC. The van der Waals surface area contributed by atoms with Gasteiger partial charge >= 0.3 is 5.97 Å². The fourth-order valence-electron chi connectivity index (χ4n) is 1.04. The van der Waals surface area contributed by atoms with Crippen molar-refractivity contribution < 1.29 is 17.9 Å². The van der Waals surface area contributed by atoms with Gasteiger partial charge in [-0.25, -0.2) is 8.42 Å². The zero-order chi connectivity index (χ0) is 10.5. The number of sulfone groups is 1. The fraction of sp³-hybridized carbons (Fsp3) is 0.875. The van der Waals surface area contributed by atoms with Gasteiger partial charge in [-0.15, -0.1) is 0 Å². The van der Waals surface area contributed by atoms with Gasteiger partial charge in [-0.1, -0.05) is 13.8 Å². The molecule has 4 nitrogen and oxygen atoms in total. The van der Waals surface area contributed by atoms with Crippen LogP contribution in [0.15, 0.2) is 0 Å². The van der Waals surface area contributed by atoms with E-state index in [1.165, 1.54) is 7.11 Å². The summed E-state index contributed by atoms with van der Waals surface area (Å²) in [7, 11) is -1.83. The Morgan fingerprint density at radius 3 is 2.38 bits per heavy atom. The fourth-order valence-corrected chi connectivity index (χ4v) is 2.73. The largest absolute Gasteiger partial charge is 0.469 e. The first-order valence-electron chi connectivity index (χ1n) is 4.21. The smallest absolute Gasteiger partial charge is 0.309 e. The molecule has 5 heteroatoms. The number of hydrogen-bond donors (Lipinski definition) is 0. The van der Waals surface area contributed by atoms with Crippen LogP contribution in [-0.4, -0.2) is 33.0 Å². The van der Waals surface area contributed by atoms with Crippen molar-refractivity contribution in [1.82, 2.24) is 0 Å². The molecule has 0 aliphatic rings. The third-order valence-corrected chi connectivity index (χ3v) is 3.66. The number of hydrogen-bond acceptors (Lipinski definition) is 4. The normalized spacial score (nSPS) is 13.8. The van der Waals surface area contributed by atoms with Crippen LogP contribution in [0.4, 0.5) is 0 Å². The summed E-state index contributed by atoms with van der Waals surface area (Å²) < 4.78 is 26.9. The summed E-state index contributed by atoms with van der Waals surface area (Å²) >= 11 is 0. The predicted molar refractivity (Wildman–Crippen MR) is 50.1 cm³/mol. The minimum absolute atomic E-state index is 0.118. The van der Waals surface area contributed by atoms with E-state index in [1.807, 2.05) is 0 Å². The summed E-state index contributed by atoms with van der Waals surface area (Å²) in [5.74, 6) is -1.02. The van der Waals surface area contributed by atoms with Crippen molar-refractivity contribution in [3.63, 3.8) is 0 Å². The van der Waals surface area contributed by atoms with E-state index in [0.717, 1.165) is 0 Å². The van der Waals surface area contributed by atoms with Gasteiger partial charge in [0.1, 0.15) is 0 Å². The van der Waals surface area contributed by atoms with Gasteiger partial charge in [-0.3, -0.25) is 4.79 Å². The third kappa shape index (κ3) is 4.87. The minimum atomic E-state index is -3.09. The Balaban J connectivity index is 4.20. The molecule has 0 N–H and O–H groups in total. The van der Waals surface area contributed by atoms with Gasteiger partial charge in [0.25, 0.3) is 0 Å². The monoisotopic (exact) mass is 208 g/mol. The van der Waals surface area contributed by atoms with Crippen LogP contribution in [0.25, 0.3) is 0 Å². The first-order valence-corrected chi connectivity index (χ1v) is 6.03. The van der Waals surface area contributed by atoms with E-state index < -0.39 is 21.7 Å². The Kier molecular flexibility index (Phi) is 4.98. The molecule has 0 aromatic carbocycles. The van der Waals surface area contributed by atoms with Crippen LogP contribution in [-0.2, 0) is 19.4 Å². The van der Waals surface area contributed by atoms with Crippen molar-refractivity contribution in [3.05, 3.63) is 0 Å². The Morgan fingerprint density at radius 2 is 2.00 bits per heavy atom. The van der Waals surface area contributed by atoms with E-state index in [1.54, 1.807) is 13.8 Å². The summed E-state index contributed by atoms with van der Waals surface area (Å²) in [5, 5.41) is 0. The van der Waals surface area contributed by atoms with E-state index in [9.17, 15) is 13.2 Å². The van der Waals surface area contributed by atoms with E-state index in [0.29, 0.717) is 6.42 Å².